The molecule has 1 rings (SSSR count). The van der Waals surface area contributed by atoms with E-state index >= 15 is 0 Å². The van der Waals surface area contributed by atoms with E-state index in [-0.39, 0.29) is 18.3 Å². The molecule has 0 aromatic rings. The second-order valence-corrected chi connectivity index (χ2v) is 7.10. The van der Waals surface area contributed by atoms with Gasteiger partial charge in [0.25, 0.3) is 0 Å². The van der Waals surface area contributed by atoms with Crippen LogP contribution >= 0.6 is 0 Å². The lowest BCUT2D eigenvalue weighted by molar-refractivity contribution is -0.160. The minimum atomic E-state index is -0.836. The largest absolute Gasteiger partial charge is 0.481 e. The van der Waals surface area contributed by atoms with E-state index in [2.05, 4.69) is 6.92 Å². The smallest absolute Gasteiger partial charge is 0.306 e. The van der Waals surface area contributed by atoms with Gasteiger partial charge in [0, 0.05) is 12.8 Å². The number of unbranched alkanes of at least 4 members (excludes halogenated alkanes) is 7. The summed E-state index contributed by atoms with van der Waals surface area (Å²) in [6.45, 7) is 2.21. The number of ether oxygens (including phenoxy) is 1. The maximum Gasteiger partial charge on any atom is 0.306 e. The topological polar surface area (TPSA) is 83.8 Å². The summed E-state index contributed by atoms with van der Waals surface area (Å²) in [5, 5.41) is 18.8. The van der Waals surface area contributed by atoms with Crippen molar-refractivity contribution in [1.82, 2.24) is 0 Å². The highest BCUT2D eigenvalue weighted by Crippen LogP contribution is 2.29. The van der Waals surface area contributed by atoms with Gasteiger partial charge in [-0.25, -0.2) is 0 Å². The van der Waals surface area contributed by atoms with Crippen molar-refractivity contribution in [2.45, 2.75) is 103 Å². The Balaban J connectivity index is 2.07. The van der Waals surface area contributed by atoms with Crippen molar-refractivity contribution >= 4 is 11.9 Å². The first-order valence-corrected chi connectivity index (χ1v) is 9.62. The van der Waals surface area contributed by atoms with Crippen LogP contribution in [-0.4, -0.2) is 34.4 Å². The van der Waals surface area contributed by atoms with E-state index in [1.807, 2.05) is 0 Å². The fourth-order valence-corrected chi connectivity index (χ4v) is 3.40. The van der Waals surface area contributed by atoms with Gasteiger partial charge in [0.1, 0.15) is 6.10 Å². The van der Waals surface area contributed by atoms with Crippen LogP contribution in [0.15, 0.2) is 0 Å². The lowest BCUT2D eigenvalue weighted by atomic mass is 9.83. The lowest BCUT2D eigenvalue weighted by Crippen LogP contribution is -2.37. The molecule has 140 valence electrons. The maximum absolute atomic E-state index is 11.9. The lowest BCUT2D eigenvalue weighted by Gasteiger charge is -2.32. The highest BCUT2D eigenvalue weighted by molar-refractivity contribution is 5.69. The average Bonchev–Trinajstić information content (AvgIpc) is 2.52. The SMILES string of the molecule is CCCCCCCCCCC(=O)OC1CCC(CC(=O)O)CC1O. The fraction of sp³-hybridized carbons (Fsp3) is 0.895. The monoisotopic (exact) mass is 342 g/mol. The Morgan fingerprint density at radius 3 is 2.21 bits per heavy atom. The van der Waals surface area contributed by atoms with Gasteiger partial charge in [-0.2, -0.15) is 0 Å². The summed E-state index contributed by atoms with van der Waals surface area (Å²) in [6, 6.07) is 0. The molecule has 1 aliphatic carbocycles. The fourth-order valence-electron chi connectivity index (χ4n) is 3.40. The normalized spacial score (nSPS) is 23.8. The van der Waals surface area contributed by atoms with E-state index in [0.29, 0.717) is 25.7 Å². The number of hydrogen-bond donors (Lipinski definition) is 2. The van der Waals surface area contributed by atoms with Crippen molar-refractivity contribution in [2.24, 2.45) is 5.92 Å². The van der Waals surface area contributed by atoms with Gasteiger partial charge in [-0.15, -0.1) is 0 Å². The molecule has 1 aliphatic rings. The molecule has 0 aromatic carbocycles. The van der Waals surface area contributed by atoms with Crippen molar-refractivity contribution in [3.05, 3.63) is 0 Å². The van der Waals surface area contributed by atoms with Gasteiger partial charge in [0.15, 0.2) is 0 Å². The summed E-state index contributed by atoms with van der Waals surface area (Å²) in [6.07, 6.45) is 10.4. The molecule has 0 saturated heterocycles. The number of carbonyl (C=O) groups excluding carboxylic acids is 1. The molecule has 0 heterocycles. The number of aliphatic hydroxyl groups is 1. The van der Waals surface area contributed by atoms with Gasteiger partial charge in [-0.05, 0) is 31.6 Å². The molecule has 3 unspecified atom stereocenters. The van der Waals surface area contributed by atoms with Gasteiger partial charge >= 0.3 is 11.9 Å². The Bertz CT molecular complexity index is 369. The van der Waals surface area contributed by atoms with Crippen molar-refractivity contribution in [2.75, 3.05) is 0 Å². The van der Waals surface area contributed by atoms with Crippen LogP contribution in [0.1, 0.15) is 90.4 Å². The summed E-state index contributed by atoms with van der Waals surface area (Å²) in [5.41, 5.74) is 0. The molecule has 0 bridgehead atoms. The second kappa shape index (κ2) is 12.3. The first kappa shape index (κ1) is 20.9. The van der Waals surface area contributed by atoms with E-state index in [1.165, 1.54) is 38.5 Å². The summed E-state index contributed by atoms with van der Waals surface area (Å²) in [4.78, 5) is 22.6. The quantitative estimate of drug-likeness (QED) is 0.413. The highest BCUT2D eigenvalue weighted by Gasteiger charge is 2.32. The number of rotatable bonds is 12. The molecule has 1 fully saturated rings. The van der Waals surface area contributed by atoms with Gasteiger partial charge in [0.2, 0.25) is 0 Å². The standard InChI is InChI=1S/C19H34O5/c1-2-3-4-5-6-7-8-9-10-19(23)24-17-12-11-15(13-16(17)20)14-18(21)22/h15-17,20H,2-14H2,1H3,(H,21,22). The Morgan fingerprint density at radius 1 is 1.00 bits per heavy atom. The Hall–Kier alpha value is -1.10. The van der Waals surface area contributed by atoms with Crippen molar-refractivity contribution in [3.8, 4) is 0 Å². The van der Waals surface area contributed by atoms with Gasteiger partial charge in [0.05, 0.1) is 6.10 Å². The van der Waals surface area contributed by atoms with E-state index in [0.717, 1.165) is 12.8 Å². The first-order chi connectivity index (χ1) is 11.5. The number of esters is 1. The molecule has 5 nitrogen and oxygen atoms in total. The van der Waals surface area contributed by atoms with Crippen molar-refractivity contribution < 1.29 is 24.5 Å². The van der Waals surface area contributed by atoms with Crippen LogP contribution in [0.4, 0.5) is 0 Å². The molecule has 0 spiro atoms. The Kier molecular flexibility index (Phi) is 10.7. The van der Waals surface area contributed by atoms with Crippen LogP contribution in [0.25, 0.3) is 0 Å². The molecule has 0 radical (unpaired) electrons. The Morgan fingerprint density at radius 2 is 1.62 bits per heavy atom. The molecule has 0 amide bonds. The first-order valence-electron chi connectivity index (χ1n) is 9.62. The summed E-state index contributed by atoms with van der Waals surface area (Å²) in [7, 11) is 0. The number of carboxylic acids is 1. The maximum atomic E-state index is 11.9. The average molecular weight is 342 g/mol. The highest BCUT2D eigenvalue weighted by atomic mass is 16.6. The number of hydrogen-bond acceptors (Lipinski definition) is 4. The number of aliphatic carboxylic acids is 1. The molecule has 1 saturated carbocycles. The zero-order valence-corrected chi connectivity index (χ0v) is 15.0. The van der Waals surface area contributed by atoms with Crippen LogP contribution in [0, 0.1) is 5.92 Å². The molecule has 3 atom stereocenters. The minimum absolute atomic E-state index is 0.0137. The predicted octanol–water partition coefficient (Wildman–Crippen LogP) is 4.06. The van der Waals surface area contributed by atoms with Gasteiger partial charge in [-0.3, -0.25) is 9.59 Å². The zero-order chi connectivity index (χ0) is 17.8. The van der Waals surface area contributed by atoms with Crippen LogP contribution in [-0.2, 0) is 14.3 Å². The predicted molar refractivity (Wildman–Crippen MR) is 92.7 cm³/mol. The molecular formula is C19H34O5. The third kappa shape index (κ3) is 9.26. The molecule has 0 aromatic heterocycles. The van der Waals surface area contributed by atoms with Crippen LogP contribution in [0.3, 0.4) is 0 Å². The number of carboxylic acid groups (broad SMARTS) is 1. The summed E-state index contributed by atoms with van der Waals surface area (Å²) >= 11 is 0. The van der Waals surface area contributed by atoms with Crippen LogP contribution < -0.4 is 0 Å². The summed E-state index contributed by atoms with van der Waals surface area (Å²) in [5.74, 6) is -1.08. The molecule has 5 heteroatoms. The van der Waals surface area contributed by atoms with Crippen LogP contribution in [0.5, 0.6) is 0 Å². The van der Waals surface area contributed by atoms with Crippen LogP contribution in [0.2, 0.25) is 0 Å². The third-order valence-electron chi connectivity index (χ3n) is 4.84. The van der Waals surface area contributed by atoms with Crippen molar-refractivity contribution in [1.29, 1.82) is 0 Å². The van der Waals surface area contributed by atoms with E-state index < -0.39 is 18.2 Å². The third-order valence-corrected chi connectivity index (χ3v) is 4.84. The van der Waals surface area contributed by atoms with Gasteiger partial charge in [-0.1, -0.05) is 51.9 Å². The molecule has 2 N–H and O–H groups in total. The summed E-state index contributed by atoms with van der Waals surface area (Å²) < 4.78 is 5.38. The molecular weight excluding hydrogens is 308 g/mol. The van der Waals surface area contributed by atoms with Gasteiger partial charge < -0.3 is 14.9 Å². The van der Waals surface area contributed by atoms with Crippen molar-refractivity contribution in [3.63, 3.8) is 0 Å². The van der Waals surface area contributed by atoms with E-state index in [9.17, 15) is 14.7 Å². The molecule has 0 aliphatic heterocycles. The second-order valence-electron chi connectivity index (χ2n) is 7.10. The number of aliphatic hydroxyl groups excluding tert-OH is 1. The zero-order valence-electron chi connectivity index (χ0n) is 15.0. The Labute approximate surface area is 145 Å². The van der Waals surface area contributed by atoms with E-state index in [4.69, 9.17) is 9.84 Å². The minimum Gasteiger partial charge on any atom is -0.481 e. The molecule has 24 heavy (non-hydrogen) atoms. The van der Waals surface area contributed by atoms with E-state index in [1.54, 1.807) is 0 Å². The number of carbonyl (C=O) groups is 2.